The van der Waals surface area contributed by atoms with Crippen LogP contribution in [0.15, 0.2) is 72.8 Å². The van der Waals surface area contributed by atoms with Crippen molar-refractivity contribution in [2.75, 3.05) is 14.1 Å². The van der Waals surface area contributed by atoms with Crippen molar-refractivity contribution in [2.45, 2.75) is 13.5 Å². The van der Waals surface area contributed by atoms with Gasteiger partial charge in [-0.05, 0) is 47.9 Å². The Labute approximate surface area is 154 Å². The van der Waals surface area contributed by atoms with Gasteiger partial charge in [-0.1, -0.05) is 54.1 Å². The highest BCUT2D eigenvalue weighted by molar-refractivity contribution is 5.94. The molecule has 0 spiro atoms. The summed E-state index contributed by atoms with van der Waals surface area (Å²) >= 11 is 0. The van der Waals surface area contributed by atoms with E-state index in [2.05, 4.69) is 43.3 Å². The monoisotopic (exact) mass is 345 g/mol. The van der Waals surface area contributed by atoms with Crippen molar-refractivity contribution < 1.29 is 9.53 Å². The van der Waals surface area contributed by atoms with E-state index in [1.165, 1.54) is 11.1 Å². The number of carbonyl (C=O) groups excluding carboxylic acids is 1. The average Bonchev–Trinajstić information content (AvgIpc) is 2.67. The zero-order valence-corrected chi connectivity index (χ0v) is 15.4. The van der Waals surface area contributed by atoms with Crippen LogP contribution in [0.2, 0.25) is 0 Å². The van der Waals surface area contributed by atoms with Crippen LogP contribution in [0.1, 0.15) is 21.5 Å². The van der Waals surface area contributed by atoms with Crippen LogP contribution in [0, 0.1) is 6.92 Å². The Morgan fingerprint density at radius 1 is 0.885 bits per heavy atom. The van der Waals surface area contributed by atoms with E-state index in [1.54, 1.807) is 19.0 Å². The molecule has 3 nitrogen and oxygen atoms in total. The van der Waals surface area contributed by atoms with Gasteiger partial charge >= 0.3 is 0 Å². The lowest BCUT2D eigenvalue weighted by molar-refractivity contribution is 0.0827. The smallest absolute Gasteiger partial charge is 0.253 e. The van der Waals surface area contributed by atoms with Gasteiger partial charge < -0.3 is 9.64 Å². The number of benzene rings is 3. The SMILES string of the molecule is Cc1ccc(-c2ccc(OCc3cccc(C(=O)N(C)C)c3)cc2)cc1. The highest BCUT2D eigenvalue weighted by Crippen LogP contribution is 2.23. The third-order valence-corrected chi connectivity index (χ3v) is 4.22. The summed E-state index contributed by atoms with van der Waals surface area (Å²) in [6.45, 7) is 2.51. The van der Waals surface area contributed by atoms with Crippen LogP contribution in [0.4, 0.5) is 0 Å². The molecule has 3 rings (SSSR count). The van der Waals surface area contributed by atoms with Gasteiger partial charge in [0, 0.05) is 19.7 Å². The van der Waals surface area contributed by atoms with Crippen molar-refractivity contribution in [1.29, 1.82) is 0 Å². The molecule has 0 atom stereocenters. The molecule has 0 aliphatic rings. The minimum Gasteiger partial charge on any atom is -0.489 e. The zero-order chi connectivity index (χ0) is 18.5. The van der Waals surface area contributed by atoms with Crippen LogP contribution in [0.25, 0.3) is 11.1 Å². The Morgan fingerprint density at radius 2 is 1.50 bits per heavy atom. The van der Waals surface area contributed by atoms with E-state index in [0.29, 0.717) is 12.2 Å². The summed E-state index contributed by atoms with van der Waals surface area (Å²) in [5.74, 6) is 0.805. The summed E-state index contributed by atoms with van der Waals surface area (Å²) < 4.78 is 5.87. The van der Waals surface area contributed by atoms with Gasteiger partial charge in [0.1, 0.15) is 12.4 Å². The molecule has 26 heavy (non-hydrogen) atoms. The Hall–Kier alpha value is -3.07. The molecule has 0 aliphatic heterocycles. The van der Waals surface area contributed by atoms with Crippen molar-refractivity contribution in [1.82, 2.24) is 4.90 Å². The largest absolute Gasteiger partial charge is 0.489 e. The van der Waals surface area contributed by atoms with Crippen molar-refractivity contribution in [3.63, 3.8) is 0 Å². The van der Waals surface area contributed by atoms with Gasteiger partial charge in [0.05, 0.1) is 0 Å². The molecule has 3 aromatic rings. The Bertz CT molecular complexity index is 881. The summed E-state index contributed by atoms with van der Waals surface area (Å²) in [5.41, 5.74) is 5.25. The van der Waals surface area contributed by atoms with Gasteiger partial charge in [0.15, 0.2) is 0 Å². The molecule has 0 saturated carbocycles. The van der Waals surface area contributed by atoms with Gasteiger partial charge in [-0.25, -0.2) is 0 Å². The quantitative estimate of drug-likeness (QED) is 0.655. The predicted molar refractivity (Wildman–Crippen MR) is 105 cm³/mol. The van der Waals surface area contributed by atoms with Gasteiger partial charge in [-0.2, -0.15) is 0 Å². The molecular formula is C23H23NO2. The molecule has 132 valence electrons. The molecule has 3 heteroatoms. The average molecular weight is 345 g/mol. The number of nitrogens with zero attached hydrogens (tertiary/aromatic N) is 1. The fourth-order valence-corrected chi connectivity index (χ4v) is 2.71. The van der Waals surface area contributed by atoms with Crippen molar-refractivity contribution >= 4 is 5.91 Å². The summed E-state index contributed by atoms with van der Waals surface area (Å²) in [7, 11) is 3.50. The Morgan fingerprint density at radius 3 is 2.12 bits per heavy atom. The van der Waals surface area contributed by atoms with Crippen LogP contribution >= 0.6 is 0 Å². The maximum absolute atomic E-state index is 12.0. The molecule has 3 aromatic carbocycles. The standard InChI is InChI=1S/C23H23NO2/c1-17-7-9-19(10-8-17)20-11-13-22(14-12-20)26-16-18-5-4-6-21(15-18)23(25)24(2)3/h4-15H,16H2,1-3H3. The first-order chi connectivity index (χ1) is 12.5. The molecule has 0 aliphatic carbocycles. The van der Waals surface area contributed by atoms with Crippen molar-refractivity contribution in [3.8, 4) is 16.9 Å². The molecule has 0 saturated heterocycles. The fraction of sp³-hybridized carbons (Fsp3) is 0.174. The molecule has 0 radical (unpaired) electrons. The van der Waals surface area contributed by atoms with Crippen LogP contribution in [-0.2, 0) is 6.61 Å². The van der Waals surface area contributed by atoms with E-state index >= 15 is 0 Å². The molecule has 0 N–H and O–H groups in total. The number of ether oxygens (including phenoxy) is 1. The van der Waals surface area contributed by atoms with Crippen LogP contribution < -0.4 is 4.74 Å². The number of amides is 1. The normalized spacial score (nSPS) is 10.4. The molecule has 0 aromatic heterocycles. The number of hydrogen-bond acceptors (Lipinski definition) is 2. The van der Waals surface area contributed by atoms with Gasteiger partial charge in [-0.3, -0.25) is 4.79 Å². The molecule has 1 amide bonds. The first kappa shape index (κ1) is 17.7. The first-order valence-electron chi connectivity index (χ1n) is 8.63. The Balaban J connectivity index is 1.66. The second-order valence-corrected chi connectivity index (χ2v) is 6.58. The second-order valence-electron chi connectivity index (χ2n) is 6.58. The second kappa shape index (κ2) is 7.87. The first-order valence-corrected chi connectivity index (χ1v) is 8.63. The molecular weight excluding hydrogens is 322 g/mol. The van der Waals surface area contributed by atoms with E-state index in [1.807, 2.05) is 36.4 Å². The van der Waals surface area contributed by atoms with Crippen molar-refractivity contribution in [2.24, 2.45) is 0 Å². The zero-order valence-electron chi connectivity index (χ0n) is 15.4. The summed E-state index contributed by atoms with van der Waals surface area (Å²) in [6.07, 6.45) is 0. The Kier molecular flexibility index (Phi) is 5.37. The van der Waals surface area contributed by atoms with E-state index < -0.39 is 0 Å². The predicted octanol–water partition coefficient (Wildman–Crippen LogP) is 4.94. The maximum Gasteiger partial charge on any atom is 0.253 e. The lowest BCUT2D eigenvalue weighted by atomic mass is 10.0. The summed E-state index contributed by atoms with van der Waals surface area (Å²) in [5, 5.41) is 0. The number of aryl methyl sites for hydroxylation is 1. The van der Waals surface area contributed by atoms with Crippen LogP contribution in [-0.4, -0.2) is 24.9 Å². The van der Waals surface area contributed by atoms with Crippen LogP contribution in [0.5, 0.6) is 5.75 Å². The lowest BCUT2D eigenvalue weighted by Crippen LogP contribution is -2.21. The van der Waals surface area contributed by atoms with E-state index in [-0.39, 0.29) is 5.91 Å². The number of rotatable bonds is 5. The molecule has 0 heterocycles. The van der Waals surface area contributed by atoms with Crippen LogP contribution in [0.3, 0.4) is 0 Å². The molecule has 0 unspecified atom stereocenters. The van der Waals surface area contributed by atoms with Gasteiger partial charge in [0.25, 0.3) is 5.91 Å². The van der Waals surface area contributed by atoms with E-state index in [4.69, 9.17) is 4.74 Å². The number of hydrogen-bond donors (Lipinski definition) is 0. The molecule has 0 bridgehead atoms. The maximum atomic E-state index is 12.0. The third-order valence-electron chi connectivity index (χ3n) is 4.22. The van der Waals surface area contributed by atoms with Gasteiger partial charge in [0.2, 0.25) is 0 Å². The lowest BCUT2D eigenvalue weighted by Gasteiger charge is -2.12. The topological polar surface area (TPSA) is 29.5 Å². The molecule has 0 fully saturated rings. The highest BCUT2D eigenvalue weighted by Gasteiger charge is 2.08. The van der Waals surface area contributed by atoms with Crippen molar-refractivity contribution in [3.05, 3.63) is 89.5 Å². The highest BCUT2D eigenvalue weighted by atomic mass is 16.5. The summed E-state index contributed by atoms with van der Waals surface area (Å²) in [4.78, 5) is 13.6. The third kappa shape index (κ3) is 4.31. The van der Waals surface area contributed by atoms with E-state index in [0.717, 1.165) is 16.9 Å². The minimum atomic E-state index is -0.00528. The fourth-order valence-electron chi connectivity index (χ4n) is 2.71. The van der Waals surface area contributed by atoms with Gasteiger partial charge in [-0.15, -0.1) is 0 Å². The van der Waals surface area contributed by atoms with E-state index in [9.17, 15) is 4.79 Å². The summed E-state index contributed by atoms with van der Waals surface area (Å²) in [6, 6.07) is 24.1. The minimum absolute atomic E-state index is 0.00528. The number of carbonyl (C=O) groups is 1.